The van der Waals surface area contributed by atoms with Crippen LogP contribution < -0.4 is 0 Å². The predicted molar refractivity (Wildman–Crippen MR) is 115 cm³/mol. The van der Waals surface area contributed by atoms with Crippen LogP contribution in [0.1, 0.15) is 117 Å². The lowest BCUT2D eigenvalue weighted by molar-refractivity contribution is 0.156. The summed E-state index contributed by atoms with van der Waals surface area (Å²) in [5.74, 6) is 1.14. The van der Waals surface area contributed by atoms with E-state index >= 15 is 0 Å². The monoisotopic (exact) mass is 390 g/mol. The highest BCUT2D eigenvalue weighted by Crippen LogP contribution is 2.12. The van der Waals surface area contributed by atoms with E-state index in [0.717, 1.165) is 25.7 Å². The van der Waals surface area contributed by atoms with E-state index in [1.54, 1.807) is 0 Å². The maximum Gasteiger partial charge on any atom is 0.0549 e. The van der Waals surface area contributed by atoms with Gasteiger partial charge < -0.3 is 10.2 Å². The van der Waals surface area contributed by atoms with Gasteiger partial charge in [0.05, 0.1) is 12.2 Å². The molecular weight excluding hydrogens is 344 g/mol. The molecule has 2 atom stereocenters. The first-order valence-corrected chi connectivity index (χ1v) is 12.8. The molecule has 0 radical (unpaired) electrons. The Balaban J connectivity index is 3.48. The Kier molecular flexibility index (Phi) is 19.9. The van der Waals surface area contributed by atoms with Crippen LogP contribution in [0.2, 0.25) is 0 Å². The molecule has 0 saturated carbocycles. The summed E-state index contributed by atoms with van der Waals surface area (Å²) in [5.41, 5.74) is 0. The van der Waals surface area contributed by atoms with E-state index in [0.29, 0.717) is 24.3 Å². The molecule has 0 bridgehead atoms. The minimum Gasteiger partial charge on any atom is -0.393 e. The second-order valence-corrected chi connectivity index (χ2v) is 9.54. The van der Waals surface area contributed by atoms with E-state index in [4.69, 9.17) is 0 Å². The van der Waals surface area contributed by atoms with Crippen LogP contribution in [0.15, 0.2) is 0 Å². The smallest absolute Gasteiger partial charge is 0.0549 e. The third kappa shape index (κ3) is 18.8. The topological polar surface area (TPSA) is 57.5 Å². The van der Waals surface area contributed by atoms with Crippen molar-refractivity contribution in [2.75, 3.05) is 11.5 Å². The summed E-state index contributed by atoms with van der Waals surface area (Å²) >= 11 is 0. The minimum atomic E-state index is -0.904. The average Bonchev–Trinajstić information content (AvgIpc) is 2.64. The number of aliphatic hydroxyl groups is 2. The standard InChI is InChI=1S/C22H46O3S/c1-3-5-7-9-11-13-15-21(23)17-19-26(25)20-18-22(24)16-14-12-10-8-6-4-2/h21-24H,3-20H2,1-2H3. The summed E-state index contributed by atoms with van der Waals surface area (Å²) in [6.45, 7) is 4.44. The van der Waals surface area contributed by atoms with Crippen molar-refractivity contribution in [3.63, 3.8) is 0 Å². The largest absolute Gasteiger partial charge is 0.393 e. The fraction of sp³-hybridized carbons (Fsp3) is 1.00. The quantitative estimate of drug-likeness (QED) is 0.261. The molecule has 0 saturated heterocycles. The average molecular weight is 391 g/mol. The Bertz CT molecular complexity index is 282. The minimum absolute atomic E-state index is 0.307. The van der Waals surface area contributed by atoms with Crippen LogP contribution in [0.3, 0.4) is 0 Å². The first-order valence-electron chi connectivity index (χ1n) is 11.3. The van der Waals surface area contributed by atoms with Gasteiger partial charge in [-0.1, -0.05) is 90.9 Å². The molecule has 0 rings (SSSR count). The molecule has 0 aromatic heterocycles. The van der Waals surface area contributed by atoms with Gasteiger partial charge in [0.1, 0.15) is 0 Å². The highest BCUT2D eigenvalue weighted by molar-refractivity contribution is 7.84. The molecule has 2 N–H and O–H groups in total. The Labute approximate surface area is 165 Å². The van der Waals surface area contributed by atoms with Gasteiger partial charge in [-0.2, -0.15) is 0 Å². The van der Waals surface area contributed by atoms with Crippen LogP contribution in [0.5, 0.6) is 0 Å². The SMILES string of the molecule is CCCCCCCCC(O)CCS(=O)CCC(O)CCCCCCCC. The van der Waals surface area contributed by atoms with Gasteiger partial charge in [-0.05, 0) is 25.7 Å². The molecule has 158 valence electrons. The summed E-state index contributed by atoms with van der Waals surface area (Å²) < 4.78 is 12.0. The summed E-state index contributed by atoms with van der Waals surface area (Å²) in [6, 6.07) is 0. The molecule has 0 aliphatic rings. The van der Waals surface area contributed by atoms with E-state index < -0.39 is 10.8 Å². The lowest BCUT2D eigenvalue weighted by Crippen LogP contribution is -2.16. The van der Waals surface area contributed by atoms with Gasteiger partial charge in [0.2, 0.25) is 0 Å². The highest BCUT2D eigenvalue weighted by atomic mass is 32.2. The van der Waals surface area contributed by atoms with Crippen molar-refractivity contribution in [3.8, 4) is 0 Å². The Hall–Kier alpha value is 0.0700. The van der Waals surface area contributed by atoms with Crippen molar-refractivity contribution in [1.82, 2.24) is 0 Å². The molecule has 2 unspecified atom stereocenters. The summed E-state index contributed by atoms with van der Waals surface area (Å²) in [4.78, 5) is 0. The number of rotatable bonds is 20. The predicted octanol–water partition coefficient (Wildman–Crippen LogP) is 5.74. The van der Waals surface area contributed by atoms with Crippen LogP contribution in [0.25, 0.3) is 0 Å². The third-order valence-electron chi connectivity index (χ3n) is 5.14. The van der Waals surface area contributed by atoms with Gasteiger partial charge >= 0.3 is 0 Å². The zero-order chi connectivity index (χ0) is 19.5. The zero-order valence-corrected chi connectivity index (χ0v) is 18.4. The third-order valence-corrected chi connectivity index (χ3v) is 6.52. The molecule has 0 aliphatic carbocycles. The molecule has 4 heteroatoms. The van der Waals surface area contributed by atoms with Gasteiger partial charge in [0.15, 0.2) is 0 Å². The number of aliphatic hydroxyl groups excluding tert-OH is 2. The number of hydrogen-bond donors (Lipinski definition) is 2. The van der Waals surface area contributed by atoms with Crippen LogP contribution in [-0.2, 0) is 10.8 Å². The normalized spacial score (nSPS) is 15.1. The first-order chi connectivity index (χ1) is 12.6. The summed E-state index contributed by atoms with van der Waals surface area (Å²) in [6.07, 6.45) is 17.2. The summed E-state index contributed by atoms with van der Waals surface area (Å²) in [7, 11) is -0.904. The molecule has 3 nitrogen and oxygen atoms in total. The Morgan fingerprint density at radius 1 is 0.577 bits per heavy atom. The van der Waals surface area contributed by atoms with Crippen LogP contribution in [0.4, 0.5) is 0 Å². The van der Waals surface area contributed by atoms with Crippen molar-refractivity contribution < 1.29 is 14.4 Å². The lowest BCUT2D eigenvalue weighted by atomic mass is 10.1. The van der Waals surface area contributed by atoms with E-state index in [1.165, 1.54) is 64.2 Å². The Morgan fingerprint density at radius 3 is 1.31 bits per heavy atom. The molecule has 0 aromatic rings. The van der Waals surface area contributed by atoms with Crippen molar-refractivity contribution in [1.29, 1.82) is 0 Å². The van der Waals surface area contributed by atoms with Gasteiger partial charge in [-0.3, -0.25) is 4.21 Å². The van der Waals surface area contributed by atoms with Gasteiger partial charge in [-0.25, -0.2) is 0 Å². The van der Waals surface area contributed by atoms with Crippen molar-refractivity contribution >= 4 is 10.8 Å². The molecule has 0 amide bonds. The van der Waals surface area contributed by atoms with E-state index in [-0.39, 0.29) is 12.2 Å². The van der Waals surface area contributed by atoms with Crippen molar-refractivity contribution in [2.45, 2.75) is 129 Å². The first kappa shape index (κ1) is 26.1. The lowest BCUT2D eigenvalue weighted by Gasteiger charge is -2.12. The second-order valence-electron chi connectivity index (χ2n) is 7.85. The van der Waals surface area contributed by atoms with Crippen LogP contribution >= 0.6 is 0 Å². The Morgan fingerprint density at radius 2 is 0.923 bits per heavy atom. The molecular formula is C22H46O3S. The maximum atomic E-state index is 12.0. The van der Waals surface area contributed by atoms with Crippen LogP contribution in [-0.4, -0.2) is 38.1 Å². The molecule has 0 fully saturated rings. The molecule has 0 spiro atoms. The molecule has 0 aliphatic heterocycles. The van der Waals surface area contributed by atoms with E-state index in [9.17, 15) is 14.4 Å². The second kappa shape index (κ2) is 19.8. The number of unbranched alkanes of at least 4 members (excludes halogenated alkanes) is 10. The maximum absolute atomic E-state index is 12.0. The van der Waals surface area contributed by atoms with Crippen molar-refractivity contribution in [2.24, 2.45) is 0 Å². The number of hydrogen-bond acceptors (Lipinski definition) is 3. The van der Waals surface area contributed by atoms with E-state index in [2.05, 4.69) is 13.8 Å². The fourth-order valence-electron chi connectivity index (χ4n) is 3.25. The van der Waals surface area contributed by atoms with Gasteiger partial charge in [-0.15, -0.1) is 0 Å². The molecule has 0 heterocycles. The molecule has 0 aromatic carbocycles. The van der Waals surface area contributed by atoms with Crippen LogP contribution in [0, 0.1) is 0 Å². The zero-order valence-electron chi connectivity index (χ0n) is 17.6. The van der Waals surface area contributed by atoms with E-state index in [1.807, 2.05) is 0 Å². The highest BCUT2D eigenvalue weighted by Gasteiger charge is 2.10. The summed E-state index contributed by atoms with van der Waals surface area (Å²) in [5, 5.41) is 20.0. The van der Waals surface area contributed by atoms with Gasteiger partial charge in [0, 0.05) is 22.3 Å². The van der Waals surface area contributed by atoms with Crippen molar-refractivity contribution in [3.05, 3.63) is 0 Å². The fourth-order valence-corrected chi connectivity index (χ4v) is 4.52. The van der Waals surface area contributed by atoms with Gasteiger partial charge in [0.25, 0.3) is 0 Å². The molecule has 26 heavy (non-hydrogen) atoms.